The molecule has 1 atom stereocenters. The topological polar surface area (TPSA) is 42.4 Å². The van der Waals surface area contributed by atoms with Crippen molar-refractivity contribution < 1.29 is 23.0 Å². The van der Waals surface area contributed by atoms with Gasteiger partial charge in [-0.2, -0.15) is 13.2 Å². The van der Waals surface area contributed by atoms with Gasteiger partial charge in [0.15, 0.2) is 0 Å². The molecule has 1 aromatic heterocycles. The number of nitrogens with zero attached hydrogens (tertiary/aromatic N) is 1. The summed E-state index contributed by atoms with van der Waals surface area (Å²) in [7, 11) is 0. The molecule has 2 aromatic carbocycles. The summed E-state index contributed by atoms with van der Waals surface area (Å²) in [6.45, 7) is 0.142. The molecule has 3 aromatic rings. The minimum Gasteiger partial charge on any atom is -0.491 e. The van der Waals surface area contributed by atoms with Gasteiger partial charge < -0.3 is 9.84 Å². The van der Waals surface area contributed by atoms with Crippen molar-refractivity contribution in [3.05, 3.63) is 84.2 Å². The van der Waals surface area contributed by atoms with Crippen LogP contribution in [0.15, 0.2) is 73.1 Å². The van der Waals surface area contributed by atoms with E-state index in [1.54, 1.807) is 42.7 Å². The summed E-state index contributed by atoms with van der Waals surface area (Å²) in [6, 6.07) is 15.8. The summed E-state index contributed by atoms with van der Waals surface area (Å²) in [5.74, 6) is 0.552. The van der Waals surface area contributed by atoms with Crippen molar-refractivity contribution in [2.75, 3.05) is 6.61 Å². The number of hydrogen-bond acceptors (Lipinski definition) is 3. The van der Waals surface area contributed by atoms with Gasteiger partial charge in [0.1, 0.15) is 12.4 Å². The number of benzene rings is 2. The molecule has 3 rings (SSSR count). The molecular formula is C22H20F3NO2. The van der Waals surface area contributed by atoms with E-state index in [1.165, 1.54) is 6.07 Å². The third-order valence-corrected chi connectivity index (χ3v) is 4.31. The molecule has 1 heterocycles. The van der Waals surface area contributed by atoms with Gasteiger partial charge in [-0.25, -0.2) is 0 Å². The Morgan fingerprint density at radius 3 is 2.43 bits per heavy atom. The third-order valence-electron chi connectivity index (χ3n) is 4.31. The van der Waals surface area contributed by atoms with Gasteiger partial charge in [0.2, 0.25) is 0 Å². The highest BCUT2D eigenvalue weighted by atomic mass is 19.4. The molecule has 0 unspecified atom stereocenters. The quantitative estimate of drug-likeness (QED) is 0.610. The van der Waals surface area contributed by atoms with E-state index in [0.717, 1.165) is 17.7 Å². The lowest BCUT2D eigenvalue weighted by Gasteiger charge is -2.13. The van der Waals surface area contributed by atoms with Crippen molar-refractivity contribution >= 4 is 0 Å². The molecule has 1 N–H and O–H groups in total. The Bertz CT molecular complexity index is 880. The summed E-state index contributed by atoms with van der Waals surface area (Å²) in [5.41, 5.74) is 1.52. The Morgan fingerprint density at radius 1 is 0.964 bits per heavy atom. The molecule has 146 valence electrons. The highest BCUT2D eigenvalue weighted by Crippen LogP contribution is 2.32. The molecule has 0 radical (unpaired) electrons. The second kappa shape index (κ2) is 8.89. The van der Waals surface area contributed by atoms with E-state index in [4.69, 9.17) is 4.74 Å². The Kier molecular flexibility index (Phi) is 6.31. The number of aryl methyl sites for hydroxylation is 1. The van der Waals surface area contributed by atoms with Gasteiger partial charge in [-0.15, -0.1) is 0 Å². The third kappa shape index (κ3) is 5.57. The molecular weight excluding hydrogens is 367 g/mol. The normalized spacial score (nSPS) is 12.6. The molecule has 0 spiro atoms. The Hall–Kier alpha value is -2.86. The van der Waals surface area contributed by atoms with E-state index in [-0.39, 0.29) is 6.61 Å². The van der Waals surface area contributed by atoms with Crippen LogP contribution in [0.2, 0.25) is 0 Å². The minimum absolute atomic E-state index is 0.142. The Labute approximate surface area is 161 Å². The number of aliphatic hydroxyl groups is 1. The van der Waals surface area contributed by atoms with Crippen molar-refractivity contribution in [1.29, 1.82) is 0 Å². The fraction of sp³-hybridized carbons (Fsp3) is 0.227. The van der Waals surface area contributed by atoms with Crippen LogP contribution in [0.5, 0.6) is 5.75 Å². The number of aromatic nitrogens is 1. The standard InChI is InChI=1S/C22H20F3NO2/c23-22(24,25)19-5-1-4-18(13-19)17-7-10-21(11-8-17)28-15-20(27)9-6-16-3-2-12-26-14-16/h1-5,7-8,10-14,20,27H,6,9,15H2/t20-/m1/s1. The number of pyridine rings is 1. The smallest absolute Gasteiger partial charge is 0.416 e. The SMILES string of the molecule is O[C@H](CCc1cccnc1)COc1ccc(-c2cccc(C(F)(F)F)c2)cc1. The van der Waals surface area contributed by atoms with Gasteiger partial charge in [0.05, 0.1) is 11.7 Å². The Balaban J connectivity index is 1.54. The lowest BCUT2D eigenvalue weighted by Crippen LogP contribution is -2.18. The summed E-state index contributed by atoms with van der Waals surface area (Å²) < 4.78 is 44.1. The van der Waals surface area contributed by atoms with Crippen molar-refractivity contribution in [3.8, 4) is 16.9 Å². The molecule has 0 amide bonds. The zero-order valence-electron chi connectivity index (χ0n) is 15.1. The first-order chi connectivity index (χ1) is 13.4. The first-order valence-corrected chi connectivity index (χ1v) is 8.89. The van der Waals surface area contributed by atoms with Crippen LogP contribution in [0.1, 0.15) is 17.5 Å². The van der Waals surface area contributed by atoms with Gasteiger partial charge >= 0.3 is 6.18 Å². The number of hydrogen-bond donors (Lipinski definition) is 1. The average molecular weight is 387 g/mol. The first kappa shape index (κ1) is 19.9. The van der Waals surface area contributed by atoms with Gasteiger partial charge in [-0.3, -0.25) is 4.98 Å². The molecule has 0 bridgehead atoms. The van der Waals surface area contributed by atoms with E-state index >= 15 is 0 Å². The minimum atomic E-state index is -4.37. The number of ether oxygens (including phenoxy) is 1. The van der Waals surface area contributed by atoms with E-state index in [0.29, 0.717) is 29.7 Å². The van der Waals surface area contributed by atoms with E-state index < -0.39 is 17.8 Å². The average Bonchev–Trinajstić information content (AvgIpc) is 2.71. The predicted octanol–water partition coefficient (Wildman–Crippen LogP) is 5.14. The van der Waals surface area contributed by atoms with Gasteiger partial charge in [0.25, 0.3) is 0 Å². The van der Waals surface area contributed by atoms with Crippen molar-refractivity contribution in [3.63, 3.8) is 0 Å². The summed E-state index contributed by atoms with van der Waals surface area (Å²) in [6.07, 6.45) is -0.277. The summed E-state index contributed by atoms with van der Waals surface area (Å²) in [4.78, 5) is 4.03. The summed E-state index contributed by atoms with van der Waals surface area (Å²) >= 11 is 0. The highest BCUT2D eigenvalue weighted by molar-refractivity contribution is 5.65. The van der Waals surface area contributed by atoms with Crippen molar-refractivity contribution in [2.45, 2.75) is 25.1 Å². The second-order valence-corrected chi connectivity index (χ2v) is 6.47. The number of rotatable bonds is 7. The van der Waals surface area contributed by atoms with Crippen LogP contribution < -0.4 is 4.74 Å². The molecule has 0 aliphatic rings. The fourth-order valence-corrected chi connectivity index (χ4v) is 2.77. The zero-order chi connectivity index (χ0) is 20.0. The molecule has 28 heavy (non-hydrogen) atoms. The van der Waals surface area contributed by atoms with Crippen LogP contribution >= 0.6 is 0 Å². The van der Waals surface area contributed by atoms with Crippen LogP contribution in [0.25, 0.3) is 11.1 Å². The monoisotopic (exact) mass is 387 g/mol. The van der Waals surface area contributed by atoms with E-state index in [1.807, 2.05) is 12.1 Å². The maximum atomic E-state index is 12.8. The number of halogens is 3. The Morgan fingerprint density at radius 2 is 1.75 bits per heavy atom. The molecule has 0 saturated heterocycles. The van der Waals surface area contributed by atoms with Gasteiger partial charge in [-0.1, -0.05) is 30.3 Å². The van der Waals surface area contributed by atoms with Crippen LogP contribution in [-0.2, 0) is 12.6 Å². The lowest BCUT2D eigenvalue weighted by atomic mass is 10.0. The maximum Gasteiger partial charge on any atom is 0.416 e. The van der Waals surface area contributed by atoms with Crippen LogP contribution in [-0.4, -0.2) is 22.8 Å². The first-order valence-electron chi connectivity index (χ1n) is 8.89. The molecule has 3 nitrogen and oxygen atoms in total. The fourth-order valence-electron chi connectivity index (χ4n) is 2.77. The highest BCUT2D eigenvalue weighted by Gasteiger charge is 2.30. The molecule has 0 aliphatic heterocycles. The second-order valence-electron chi connectivity index (χ2n) is 6.47. The van der Waals surface area contributed by atoms with Crippen molar-refractivity contribution in [1.82, 2.24) is 4.98 Å². The van der Waals surface area contributed by atoms with Crippen molar-refractivity contribution in [2.24, 2.45) is 0 Å². The lowest BCUT2D eigenvalue weighted by molar-refractivity contribution is -0.137. The molecule has 0 fully saturated rings. The largest absolute Gasteiger partial charge is 0.491 e. The van der Waals surface area contributed by atoms with Crippen LogP contribution in [0.3, 0.4) is 0 Å². The van der Waals surface area contributed by atoms with E-state index in [2.05, 4.69) is 4.98 Å². The summed E-state index contributed by atoms with van der Waals surface area (Å²) in [5, 5.41) is 10.1. The zero-order valence-corrected chi connectivity index (χ0v) is 15.1. The molecule has 0 aliphatic carbocycles. The van der Waals surface area contributed by atoms with Crippen LogP contribution in [0.4, 0.5) is 13.2 Å². The van der Waals surface area contributed by atoms with Crippen LogP contribution in [0, 0.1) is 0 Å². The number of aliphatic hydroxyl groups excluding tert-OH is 1. The molecule has 6 heteroatoms. The number of alkyl halides is 3. The molecule has 0 saturated carbocycles. The van der Waals surface area contributed by atoms with Gasteiger partial charge in [-0.05, 0) is 59.9 Å². The van der Waals surface area contributed by atoms with E-state index in [9.17, 15) is 18.3 Å². The predicted molar refractivity (Wildman–Crippen MR) is 101 cm³/mol. The van der Waals surface area contributed by atoms with Gasteiger partial charge in [0, 0.05) is 12.4 Å². The maximum absolute atomic E-state index is 12.8.